The van der Waals surface area contributed by atoms with Crippen LogP contribution in [0.25, 0.3) is 10.1 Å². The van der Waals surface area contributed by atoms with Crippen molar-refractivity contribution in [1.29, 1.82) is 0 Å². The quantitative estimate of drug-likeness (QED) is 0.137. The van der Waals surface area contributed by atoms with Gasteiger partial charge in [-0.1, -0.05) is 18.2 Å². The van der Waals surface area contributed by atoms with Crippen LogP contribution < -0.4 is 20.7 Å². The van der Waals surface area contributed by atoms with E-state index in [1.807, 2.05) is 37.3 Å². The first-order chi connectivity index (χ1) is 15.1. The summed E-state index contributed by atoms with van der Waals surface area (Å²) in [6.07, 6.45) is -0.664. The van der Waals surface area contributed by atoms with Crippen molar-refractivity contribution in [3.05, 3.63) is 65.0 Å². The number of nitrogens with one attached hydrogen (secondary N) is 3. The molecule has 7 nitrogen and oxygen atoms in total. The maximum Gasteiger partial charge on any atom is 0.251 e. The molecule has 32 heavy (non-hydrogen) atoms. The number of carbonyl (C=O) groups is 1. The lowest BCUT2D eigenvalue weighted by molar-refractivity contribution is 0.0954. The number of halogens is 1. The third-order valence-corrected chi connectivity index (χ3v) is 5.81. The van der Waals surface area contributed by atoms with Crippen LogP contribution in [-0.2, 0) is 0 Å². The Morgan fingerprint density at radius 3 is 2.50 bits per heavy atom. The summed E-state index contributed by atoms with van der Waals surface area (Å²) in [5, 5.41) is 20.9. The number of hydrogen-bond donors (Lipinski definition) is 4. The van der Waals surface area contributed by atoms with Gasteiger partial charge in [0, 0.05) is 34.8 Å². The average molecular weight is 568 g/mol. The van der Waals surface area contributed by atoms with E-state index in [0.29, 0.717) is 36.9 Å². The molecule has 1 amide bonds. The van der Waals surface area contributed by atoms with Crippen molar-refractivity contribution in [2.75, 3.05) is 33.3 Å². The predicted octanol–water partition coefficient (Wildman–Crippen LogP) is 3.55. The summed E-state index contributed by atoms with van der Waals surface area (Å²) < 4.78 is 6.25. The molecule has 0 aliphatic heterocycles. The van der Waals surface area contributed by atoms with Gasteiger partial charge >= 0.3 is 0 Å². The van der Waals surface area contributed by atoms with E-state index < -0.39 is 6.10 Å². The van der Waals surface area contributed by atoms with Crippen molar-refractivity contribution in [2.45, 2.75) is 13.0 Å². The minimum Gasteiger partial charge on any atom is -0.497 e. The number of methoxy groups -OCH3 is 1. The Kier molecular flexibility index (Phi) is 10.7. The van der Waals surface area contributed by atoms with E-state index >= 15 is 0 Å². The summed E-state index contributed by atoms with van der Waals surface area (Å²) in [4.78, 5) is 17.6. The van der Waals surface area contributed by atoms with Gasteiger partial charge in [-0.2, -0.15) is 0 Å². The number of carbonyl (C=O) groups excluding carboxylic acids is 1. The van der Waals surface area contributed by atoms with Crippen molar-refractivity contribution in [2.24, 2.45) is 4.99 Å². The van der Waals surface area contributed by atoms with Crippen LogP contribution in [0.5, 0.6) is 5.75 Å². The zero-order valence-corrected chi connectivity index (χ0v) is 21.3. The first-order valence-corrected chi connectivity index (χ1v) is 11.0. The first kappa shape index (κ1) is 25.9. The summed E-state index contributed by atoms with van der Waals surface area (Å²) in [7, 11) is 1.59. The maximum atomic E-state index is 12.2. The van der Waals surface area contributed by atoms with Gasteiger partial charge in [0.05, 0.1) is 13.7 Å². The number of rotatable bonds is 9. The molecule has 1 atom stereocenters. The van der Waals surface area contributed by atoms with Gasteiger partial charge in [0.1, 0.15) is 11.9 Å². The SMILES string of the molecule is CCNC(=NCC(O)c1cc2ccccc2s1)NCCNC(=O)c1ccc(OC)cc1.I. The van der Waals surface area contributed by atoms with Gasteiger partial charge in [-0.15, -0.1) is 35.3 Å². The van der Waals surface area contributed by atoms with Crippen LogP contribution in [0.2, 0.25) is 0 Å². The summed E-state index contributed by atoms with van der Waals surface area (Å²) in [5.41, 5.74) is 0.577. The maximum absolute atomic E-state index is 12.2. The number of aliphatic hydroxyl groups is 1. The molecule has 3 rings (SSSR count). The molecule has 0 spiro atoms. The van der Waals surface area contributed by atoms with Crippen molar-refractivity contribution in [3.63, 3.8) is 0 Å². The third-order valence-electron chi connectivity index (χ3n) is 4.59. The molecule has 3 aromatic rings. The molecule has 172 valence electrons. The topological polar surface area (TPSA) is 95.0 Å². The van der Waals surface area contributed by atoms with Crippen molar-refractivity contribution in [3.8, 4) is 5.75 Å². The van der Waals surface area contributed by atoms with Gasteiger partial charge in [-0.3, -0.25) is 9.79 Å². The van der Waals surface area contributed by atoms with E-state index in [2.05, 4.69) is 20.9 Å². The van der Waals surface area contributed by atoms with Crippen molar-refractivity contribution in [1.82, 2.24) is 16.0 Å². The lowest BCUT2D eigenvalue weighted by Crippen LogP contribution is -2.41. The molecular weight excluding hydrogens is 539 g/mol. The van der Waals surface area contributed by atoms with Crippen LogP contribution >= 0.6 is 35.3 Å². The second-order valence-electron chi connectivity index (χ2n) is 6.83. The van der Waals surface area contributed by atoms with Crippen LogP contribution in [-0.4, -0.2) is 50.3 Å². The number of thiophene rings is 1. The van der Waals surface area contributed by atoms with Gasteiger partial charge in [0.25, 0.3) is 5.91 Å². The highest BCUT2D eigenvalue weighted by molar-refractivity contribution is 14.0. The fourth-order valence-electron chi connectivity index (χ4n) is 2.98. The molecule has 1 heterocycles. The lowest BCUT2D eigenvalue weighted by atomic mass is 10.2. The molecule has 2 aromatic carbocycles. The zero-order valence-electron chi connectivity index (χ0n) is 18.1. The fourth-order valence-corrected chi connectivity index (χ4v) is 4.02. The summed E-state index contributed by atoms with van der Waals surface area (Å²) in [6.45, 7) is 3.87. The number of ether oxygens (including phenoxy) is 1. The standard InChI is InChI=1S/C23H28N4O3S.HI/c1-3-24-23(26-13-12-25-22(29)16-8-10-18(30-2)11-9-16)27-15-19(28)21-14-17-6-4-5-7-20(17)31-21;/h4-11,14,19,28H,3,12-13,15H2,1-2H3,(H,25,29)(H2,24,26,27);1H. The monoisotopic (exact) mass is 568 g/mol. The number of benzene rings is 2. The molecule has 1 unspecified atom stereocenters. The lowest BCUT2D eigenvalue weighted by Gasteiger charge is -2.13. The Hall–Kier alpha value is -2.37. The van der Waals surface area contributed by atoms with Gasteiger partial charge in [-0.05, 0) is 48.7 Å². The highest BCUT2D eigenvalue weighted by Gasteiger charge is 2.11. The second-order valence-corrected chi connectivity index (χ2v) is 7.95. The molecule has 0 aliphatic carbocycles. The van der Waals surface area contributed by atoms with Crippen LogP contribution in [0.15, 0.2) is 59.6 Å². The highest BCUT2D eigenvalue weighted by atomic mass is 127. The number of aliphatic hydroxyl groups excluding tert-OH is 1. The van der Waals surface area contributed by atoms with Crippen LogP contribution in [0.1, 0.15) is 28.3 Å². The Morgan fingerprint density at radius 2 is 1.81 bits per heavy atom. The van der Waals surface area contributed by atoms with Gasteiger partial charge in [0.2, 0.25) is 0 Å². The van der Waals surface area contributed by atoms with E-state index in [9.17, 15) is 9.90 Å². The van der Waals surface area contributed by atoms with E-state index in [-0.39, 0.29) is 36.4 Å². The molecule has 4 N–H and O–H groups in total. The normalized spacial score (nSPS) is 12.0. The number of nitrogens with zero attached hydrogens (tertiary/aromatic N) is 1. The van der Waals surface area contributed by atoms with E-state index in [4.69, 9.17) is 4.74 Å². The highest BCUT2D eigenvalue weighted by Crippen LogP contribution is 2.29. The third kappa shape index (κ3) is 7.35. The molecular formula is C23H29IN4O3S. The fraction of sp³-hybridized carbons (Fsp3) is 0.304. The van der Waals surface area contributed by atoms with Gasteiger partial charge in [-0.25, -0.2) is 0 Å². The number of guanidine groups is 1. The van der Waals surface area contributed by atoms with E-state index in [1.165, 1.54) is 0 Å². The Morgan fingerprint density at radius 1 is 1.09 bits per heavy atom. The summed E-state index contributed by atoms with van der Waals surface area (Å²) in [5.74, 6) is 1.16. The summed E-state index contributed by atoms with van der Waals surface area (Å²) in [6, 6.07) is 17.0. The minimum atomic E-state index is -0.664. The smallest absolute Gasteiger partial charge is 0.251 e. The molecule has 9 heteroatoms. The van der Waals surface area contributed by atoms with Gasteiger partial charge < -0.3 is 25.8 Å². The molecule has 0 bridgehead atoms. The number of amides is 1. The Bertz CT molecular complexity index is 991. The number of fused-ring (bicyclic) bond motifs is 1. The zero-order chi connectivity index (χ0) is 22.1. The van der Waals surface area contributed by atoms with Crippen molar-refractivity contribution < 1.29 is 14.6 Å². The van der Waals surface area contributed by atoms with Gasteiger partial charge in [0.15, 0.2) is 5.96 Å². The number of hydrogen-bond acceptors (Lipinski definition) is 5. The van der Waals surface area contributed by atoms with E-state index in [0.717, 1.165) is 15.0 Å². The summed E-state index contributed by atoms with van der Waals surface area (Å²) >= 11 is 1.58. The largest absolute Gasteiger partial charge is 0.497 e. The second kappa shape index (κ2) is 13.2. The molecule has 0 saturated heterocycles. The van der Waals surface area contributed by atoms with E-state index in [1.54, 1.807) is 42.7 Å². The average Bonchev–Trinajstić information content (AvgIpc) is 3.24. The molecule has 0 radical (unpaired) electrons. The van der Waals surface area contributed by atoms with Crippen molar-refractivity contribution >= 4 is 57.3 Å². The predicted molar refractivity (Wildman–Crippen MR) is 142 cm³/mol. The minimum absolute atomic E-state index is 0. The Balaban J connectivity index is 0.00000363. The van der Waals surface area contributed by atoms with Crippen LogP contribution in [0.3, 0.4) is 0 Å². The molecule has 1 aromatic heterocycles. The van der Waals surface area contributed by atoms with Crippen LogP contribution in [0.4, 0.5) is 0 Å². The Labute approximate surface area is 209 Å². The first-order valence-electron chi connectivity index (χ1n) is 10.2. The molecule has 0 saturated carbocycles. The molecule has 0 fully saturated rings. The van der Waals surface area contributed by atoms with Crippen LogP contribution in [0, 0.1) is 0 Å². The molecule has 0 aliphatic rings. The number of aliphatic imine (C=N–C) groups is 1.